The van der Waals surface area contributed by atoms with E-state index in [0.29, 0.717) is 12.4 Å². The Morgan fingerprint density at radius 1 is 1.08 bits per heavy atom. The van der Waals surface area contributed by atoms with Gasteiger partial charge in [0, 0.05) is 37.9 Å². The van der Waals surface area contributed by atoms with Gasteiger partial charge in [0.2, 0.25) is 5.95 Å². The fourth-order valence-corrected chi connectivity index (χ4v) is 4.57. The van der Waals surface area contributed by atoms with Crippen LogP contribution in [0.5, 0.6) is 0 Å². The summed E-state index contributed by atoms with van der Waals surface area (Å²) in [5.74, 6) is -0.522. The number of nitrogens with one attached hydrogen (secondary N) is 2. The first-order valence-corrected chi connectivity index (χ1v) is 11.9. The number of rotatable bonds is 7. The minimum atomic E-state index is -4.92. The van der Waals surface area contributed by atoms with E-state index >= 15 is 4.39 Å². The van der Waals surface area contributed by atoms with E-state index < -0.39 is 65.0 Å². The van der Waals surface area contributed by atoms with Crippen molar-refractivity contribution in [3.8, 4) is 0 Å². The number of halogens is 7. The molecule has 2 aromatic heterocycles. The predicted octanol–water partition coefficient (Wildman–Crippen LogP) is 2.63. The maximum atomic E-state index is 15.1. The second kappa shape index (κ2) is 10.9. The quantitative estimate of drug-likeness (QED) is 0.491. The normalized spacial score (nSPS) is 23.3. The van der Waals surface area contributed by atoms with E-state index in [-0.39, 0.29) is 45.0 Å². The molecule has 4 atom stereocenters. The molecule has 2 aliphatic rings. The van der Waals surface area contributed by atoms with Crippen LogP contribution in [0.4, 0.5) is 42.4 Å². The van der Waals surface area contributed by atoms with Crippen molar-refractivity contribution in [3.63, 3.8) is 0 Å². The summed E-state index contributed by atoms with van der Waals surface area (Å²) in [4.78, 5) is 34.6. The molecular formula is C22H24F7N7O3. The number of nitrogens with zero attached hydrogens (tertiary/aromatic N) is 5. The molecule has 2 saturated heterocycles. The minimum absolute atomic E-state index is 0.0520. The van der Waals surface area contributed by atoms with Crippen LogP contribution >= 0.6 is 0 Å². The average molecular weight is 567 g/mol. The zero-order valence-electron chi connectivity index (χ0n) is 20.4. The SMILES string of the molecule is CC(CO[C@@H]1CCN([C@@H]2CCN(c3ncc(C(F)(F)F)cn3)C[C@@H]2F)C1=O)Nc1cn[nH]c(=O)c1C(F)(F)F. The van der Waals surface area contributed by atoms with Gasteiger partial charge < -0.3 is 19.9 Å². The van der Waals surface area contributed by atoms with Gasteiger partial charge in [-0.1, -0.05) is 0 Å². The second-order valence-electron chi connectivity index (χ2n) is 9.26. The Bertz CT molecular complexity index is 1220. The number of hydrogen-bond donors (Lipinski definition) is 2. The molecule has 214 valence electrons. The molecule has 10 nitrogen and oxygen atoms in total. The Morgan fingerprint density at radius 3 is 2.38 bits per heavy atom. The monoisotopic (exact) mass is 567 g/mol. The summed E-state index contributed by atoms with van der Waals surface area (Å²) in [5, 5.41) is 7.63. The highest BCUT2D eigenvalue weighted by Crippen LogP contribution is 2.32. The Balaban J connectivity index is 1.30. The van der Waals surface area contributed by atoms with Crippen LogP contribution in [0.15, 0.2) is 23.4 Å². The Morgan fingerprint density at radius 2 is 1.77 bits per heavy atom. The van der Waals surface area contributed by atoms with Crippen molar-refractivity contribution < 1.29 is 40.3 Å². The average Bonchev–Trinajstić information content (AvgIpc) is 3.21. The van der Waals surface area contributed by atoms with Crippen molar-refractivity contribution in [2.24, 2.45) is 0 Å². The van der Waals surface area contributed by atoms with E-state index in [1.165, 1.54) is 16.7 Å². The number of hydrogen-bond acceptors (Lipinski definition) is 8. The summed E-state index contributed by atoms with van der Waals surface area (Å²) >= 11 is 0. The van der Waals surface area contributed by atoms with Crippen LogP contribution < -0.4 is 15.8 Å². The Hall–Kier alpha value is -3.50. The van der Waals surface area contributed by atoms with E-state index in [4.69, 9.17) is 4.74 Å². The topological polar surface area (TPSA) is 116 Å². The van der Waals surface area contributed by atoms with E-state index in [1.54, 1.807) is 5.10 Å². The van der Waals surface area contributed by atoms with Crippen LogP contribution in [0.2, 0.25) is 0 Å². The second-order valence-corrected chi connectivity index (χ2v) is 9.26. The van der Waals surface area contributed by atoms with Crippen LogP contribution in [-0.2, 0) is 21.9 Å². The molecule has 0 radical (unpaired) electrons. The number of aromatic amines is 1. The number of carbonyl (C=O) groups is 1. The third-order valence-corrected chi connectivity index (χ3v) is 6.44. The van der Waals surface area contributed by atoms with Crippen molar-refractivity contribution in [1.29, 1.82) is 0 Å². The summed E-state index contributed by atoms with van der Waals surface area (Å²) < 4.78 is 98.5. The number of ether oxygens (including phenoxy) is 1. The molecule has 2 N–H and O–H groups in total. The lowest BCUT2D eigenvalue weighted by atomic mass is 10.0. The number of likely N-dealkylation sites (tertiary alicyclic amines) is 1. The van der Waals surface area contributed by atoms with Gasteiger partial charge in [0.1, 0.15) is 17.8 Å². The van der Waals surface area contributed by atoms with Crippen LogP contribution in [0, 0.1) is 0 Å². The summed E-state index contributed by atoms with van der Waals surface area (Å²) in [6.07, 6.45) is -9.49. The Kier molecular flexibility index (Phi) is 7.99. The van der Waals surface area contributed by atoms with E-state index in [1.807, 2.05) is 0 Å². The molecule has 0 aliphatic carbocycles. The molecule has 1 unspecified atom stereocenters. The lowest BCUT2D eigenvalue weighted by Crippen LogP contribution is -2.54. The predicted molar refractivity (Wildman–Crippen MR) is 122 cm³/mol. The van der Waals surface area contributed by atoms with Crippen LogP contribution in [-0.4, -0.2) is 81.6 Å². The number of alkyl halides is 7. The van der Waals surface area contributed by atoms with E-state index in [2.05, 4.69) is 20.4 Å². The van der Waals surface area contributed by atoms with Gasteiger partial charge in [0.15, 0.2) is 0 Å². The number of piperidine rings is 1. The van der Waals surface area contributed by atoms with Crippen LogP contribution in [0.3, 0.4) is 0 Å². The lowest BCUT2D eigenvalue weighted by Gasteiger charge is -2.39. The molecule has 0 spiro atoms. The largest absolute Gasteiger partial charge is 0.423 e. The van der Waals surface area contributed by atoms with Crippen LogP contribution in [0.25, 0.3) is 0 Å². The molecule has 2 aromatic rings. The summed E-state index contributed by atoms with van der Waals surface area (Å²) in [5.41, 5.74) is -4.40. The van der Waals surface area contributed by atoms with Crippen molar-refractivity contribution in [2.45, 2.75) is 56.5 Å². The fourth-order valence-electron chi connectivity index (χ4n) is 4.57. The first-order valence-electron chi connectivity index (χ1n) is 11.9. The lowest BCUT2D eigenvalue weighted by molar-refractivity contribution is -0.140. The van der Waals surface area contributed by atoms with Gasteiger partial charge in [-0.3, -0.25) is 9.59 Å². The van der Waals surface area contributed by atoms with Gasteiger partial charge in [-0.25, -0.2) is 19.5 Å². The summed E-state index contributed by atoms with van der Waals surface area (Å²) in [7, 11) is 0. The maximum Gasteiger partial charge on any atom is 0.423 e. The van der Waals surface area contributed by atoms with Crippen molar-refractivity contribution in [1.82, 2.24) is 25.1 Å². The molecule has 0 bridgehead atoms. The van der Waals surface area contributed by atoms with Crippen LogP contribution in [0.1, 0.15) is 30.9 Å². The van der Waals surface area contributed by atoms with Crippen molar-refractivity contribution in [2.75, 3.05) is 36.5 Å². The highest BCUT2D eigenvalue weighted by molar-refractivity contribution is 5.83. The number of amides is 1. The molecule has 0 aromatic carbocycles. The number of H-pyrrole nitrogens is 1. The number of carbonyl (C=O) groups excluding carboxylic acids is 1. The number of aromatic nitrogens is 4. The molecule has 17 heteroatoms. The molecule has 0 saturated carbocycles. The molecule has 2 fully saturated rings. The molecular weight excluding hydrogens is 543 g/mol. The minimum Gasteiger partial charge on any atom is -0.378 e. The van der Waals surface area contributed by atoms with Gasteiger partial charge in [-0.15, -0.1) is 0 Å². The Labute approximate surface area is 216 Å². The van der Waals surface area contributed by atoms with Gasteiger partial charge in [-0.2, -0.15) is 31.4 Å². The molecule has 1 amide bonds. The van der Waals surface area contributed by atoms with Crippen molar-refractivity contribution in [3.05, 3.63) is 40.1 Å². The highest BCUT2D eigenvalue weighted by Gasteiger charge is 2.43. The maximum absolute atomic E-state index is 15.1. The first kappa shape index (κ1) is 28.5. The van der Waals surface area contributed by atoms with Gasteiger partial charge in [0.05, 0.1) is 36.6 Å². The zero-order valence-corrected chi connectivity index (χ0v) is 20.4. The van der Waals surface area contributed by atoms with Gasteiger partial charge >= 0.3 is 12.4 Å². The molecule has 39 heavy (non-hydrogen) atoms. The molecule has 4 heterocycles. The third kappa shape index (κ3) is 6.39. The van der Waals surface area contributed by atoms with E-state index in [9.17, 15) is 35.9 Å². The molecule has 2 aliphatic heterocycles. The van der Waals surface area contributed by atoms with Gasteiger partial charge in [0.25, 0.3) is 11.5 Å². The highest BCUT2D eigenvalue weighted by atomic mass is 19.4. The zero-order chi connectivity index (χ0) is 28.5. The summed E-state index contributed by atoms with van der Waals surface area (Å²) in [6, 6.07) is -1.53. The standard InChI is InChI=1S/C22H24F7N7O3/c1-11(33-14-8-32-34-18(37)17(14)22(27,28)29)10-39-16-3-5-36(19(16)38)15-2-4-35(9-13(15)23)20-30-6-12(7-31-20)21(24,25)26/h6-8,11,13,15-16H,2-5,9-10H2,1H3,(H2,33,34,37)/t11?,13-,15+,16+/m0/s1. The van der Waals surface area contributed by atoms with E-state index in [0.717, 1.165) is 6.20 Å². The number of anilines is 2. The fraction of sp³-hybridized carbons (Fsp3) is 0.591. The smallest absolute Gasteiger partial charge is 0.378 e. The third-order valence-electron chi connectivity index (χ3n) is 6.44. The van der Waals surface area contributed by atoms with Gasteiger partial charge in [-0.05, 0) is 13.3 Å². The summed E-state index contributed by atoms with van der Waals surface area (Å²) in [6.45, 7) is 1.49. The van der Waals surface area contributed by atoms with Crippen molar-refractivity contribution >= 4 is 17.5 Å². The first-order chi connectivity index (χ1) is 18.3. The molecule has 4 rings (SSSR count).